The molecule has 0 unspecified atom stereocenters. The largest absolute Gasteiger partial charge is 0.392 e. The number of pyridine rings is 1. The predicted molar refractivity (Wildman–Crippen MR) is 79.8 cm³/mol. The Kier molecular flexibility index (Phi) is 4.42. The lowest BCUT2D eigenvalue weighted by Crippen LogP contribution is -2.15. The maximum absolute atomic E-state index is 12.2. The summed E-state index contributed by atoms with van der Waals surface area (Å²) in [5, 5.41) is 8.83. The van der Waals surface area contributed by atoms with Gasteiger partial charge in [-0.3, -0.25) is 4.72 Å². The van der Waals surface area contributed by atoms with Crippen LogP contribution in [0.15, 0.2) is 46.0 Å². The topological polar surface area (TPSA) is 79.3 Å². The Hall–Kier alpha value is -1.44. The summed E-state index contributed by atoms with van der Waals surface area (Å²) in [4.78, 5) is 3.84. The monoisotopic (exact) mass is 356 g/mol. The number of nitrogens with zero attached hydrogens (tertiary/aromatic N) is 1. The molecule has 0 saturated heterocycles. The minimum absolute atomic E-state index is 0.0943. The van der Waals surface area contributed by atoms with Crippen LogP contribution in [0.5, 0.6) is 0 Å². The molecule has 0 bridgehead atoms. The van der Waals surface area contributed by atoms with Crippen LogP contribution in [0.4, 0.5) is 5.69 Å². The summed E-state index contributed by atoms with van der Waals surface area (Å²) in [6, 6.07) is 8.25. The molecule has 1 heterocycles. The molecule has 2 aromatic rings. The van der Waals surface area contributed by atoms with Crippen LogP contribution >= 0.6 is 15.9 Å². The molecule has 0 radical (unpaired) electrons. The van der Waals surface area contributed by atoms with Gasteiger partial charge in [0.1, 0.15) is 0 Å². The van der Waals surface area contributed by atoms with Gasteiger partial charge in [0.05, 0.1) is 12.3 Å². The fourth-order valence-corrected chi connectivity index (χ4v) is 3.06. The number of rotatable bonds is 4. The zero-order chi connectivity index (χ0) is 14.8. The lowest BCUT2D eigenvalue weighted by molar-refractivity contribution is 0.281. The SMILES string of the molecule is Cc1ccc(Br)c(NS(=O)(=O)c2ccc(CO)cn2)c1. The van der Waals surface area contributed by atoms with E-state index in [2.05, 4.69) is 25.6 Å². The van der Waals surface area contributed by atoms with E-state index in [0.717, 1.165) is 5.56 Å². The van der Waals surface area contributed by atoms with Gasteiger partial charge in [-0.15, -0.1) is 0 Å². The van der Waals surface area contributed by atoms with E-state index in [1.54, 1.807) is 12.1 Å². The van der Waals surface area contributed by atoms with Gasteiger partial charge >= 0.3 is 0 Å². The van der Waals surface area contributed by atoms with Crippen LogP contribution in [0, 0.1) is 6.92 Å². The van der Waals surface area contributed by atoms with E-state index < -0.39 is 10.0 Å². The minimum Gasteiger partial charge on any atom is -0.392 e. The molecule has 1 aromatic heterocycles. The third-order valence-electron chi connectivity index (χ3n) is 2.62. The smallest absolute Gasteiger partial charge is 0.279 e. The zero-order valence-electron chi connectivity index (χ0n) is 10.7. The number of aliphatic hydroxyl groups excluding tert-OH is 1. The second-order valence-corrected chi connectivity index (χ2v) is 6.74. The second-order valence-electron chi connectivity index (χ2n) is 4.25. The Morgan fingerprint density at radius 1 is 1.30 bits per heavy atom. The number of halogens is 1. The number of aromatic nitrogens is 1. The van der Waals surface area contributed by atoms with E-state index in [0.29, 0.717) is 15.7 Å². The summed E-state index contributed by atoms with van der Waals surface area (Å²) in [6.45, 7) is 1.70. The number of sulfonamides is 1. The quantitative estimate of drug-likeness (QED) is 0.881. The molecule has 0 spiro atoms. The molecule has 2 N–H and O–H groups in total. The number of nitrogens with one attached hydrogen (secondary N) is 1. The molecule has 0 aliphatic carbocycles. The Morgan fingerprint density at radius 3 is 2.65 bits per heavy atom. The highest BCUT2D eigenvalue weighted by molar-refractivity contribution is 9.10. The number of hydrogen-bond donors (Lipinski definition) is 2. The van der Waals surface area contributed by atoms with Crippen molar-refractivity contribution < 1.29 is 13.5 Å². The zero-order valence-corrected chi connectivity index (χ0v) is 13.1. The Labute approximate surface area is 125 Å². The molecule has 20 heavy (non-hydrogen) atoms. The van der Waals surface area contributed by atoms with Crippen molar-refractivity contribution in [1.82, 2.24) is 4.98 Å². The summed E-state index contributed by atoms with van der Waals surface area (Å²) < 4.78 is 27.5. The molecule has 0 amide bonds. The van der Waals surface area contributed by atoms with Crippen LogP contribution in [-0.4, -0.2) is 18.5 Å². The highest BCUT2D eigenvalue weighted by Gasteiger charge is 2.17. The lowest BCUT2D eigenvalue weighted by Gasteiger charge is -2.10. The number of aliphatic hydroxyl groups is 1. The number of aryl methyl sites for hydroxylation is 1. The second kappa shape index (κ2) is 5.90. The van der Waals surface area contributed by atoms with Gasteiger partial charge in [0.25, 0.3) is 10.0 Å². The van der Waals surface area contributed by atoms with Crippen molar-refractivity contribution in [2.75, 3.05) is 4.72 Å². The Balaban J connectivity index is 2.32. The van der Waals surface area contributed by atoms with Gasteiger partial charge in [0.15, 0.2) is 5.03 Å². The fourth-order valence-electron chi connectivity index (χ4n) is 1.58. The van der Waals surface area contributed by atoms with E-state index in [4.69, 9.17) is 5.11 Å². The molecular formula is C13H13BrN2O3S. The molecule has 106 valence electrons. The number of benzene rings is 1. The standard InChI is InChI=1S/C13H13BrN2O3S/c1-9-2-4-11(14)12(6-9)16-20(18,19)13-5-3-10(8-17)7-15-13/h2-7,16-17H,8H2,1H3. The van der Waals surface area contributed by atoms with Crippen LogP contribution in [0.25, 0.3) is 0 Å². The summed E-state index contributed by atoms with van der Waals surface area (Å²) in [5.74, 6) is 0. The van der Waals surface area contributed by atoms with Crippen LogP contribution in [-0.2, 0) is 16.6 Å². The molecule has 0 atom stereocenters. The summed E-state index contributed by atoms with van der Waals surface area (Å²) in [6.07, 6.45) is 1.33. The normalized spacial score (nSPS) is 11.3. The van der Waals surface area contributed by atoms with E-state index in [1.807, 2.05) is 13.0 Å². The van der Waals surface area contributed by atoms with Crippen molar-refractivity contribution in [3.8, 4) is 0 Å². The van der Waals surface area contributed by atoms with Crippen LogP contribution in [0.3, 0.4) is 0 Å². The highest BCUT2D eigenvalue weighted by Crippen LogP contribution is 2.25. The van der Waals surface area contributed by atoms with E-state index in [1.165, 1.54) is 18.3 Å². The first-order valence-corrected chi connectivity index (χ1v) is 8.05. The first-order chi connectivity index (χ1) is 9.42. The number of hydrogen-bond acceptors (Lipinski definition) is 4. The molecule has 5 nitrogen and oxygen atoms in total. The van der Waals surface area contributed by atoms with Gasteiger partial charge < -0.3 is 5.11 Å². The predicted octanol–water partition coefficient (Wildman–Crippen LogP) is 2.45. The maximum Gasteiger partial charge on any atom is 0.279 e. The van der Waals surface area contributed by atoms with Crippen LogP contribution < -0.4 is 4.72 Å². The molecule has 0 aliphatic rings. The summed E-state index contributed by atoms with van der Waals surface area (Å²) in [7, 11) is -3.75. The molecule has 0 fully saturated rings. The van der Waals surface area contributed by atoms with Crippen molar-refractivity contribution in [1.29, 1.82) is 0 Å². The molecule has 1 aromatic carbocycles. The van der Waals surface area contributed by atoms with Crippen LogP contribution in [0.2, 0.25) is 0 Å². The fraction of sp³-hybridized carbons (Fsp3) is 0.154. The van der Waals surface area contributed by atoms with Crippen molar-refractivity contribution in [2.45, 2.75) is 18.6 Å². The number of anilines is 1. The molecule has 2 rings (SSSR count). The average Bonchev–Trinajstić information content (AvgIpc) is 2.43. The van der Waals surface area contributed by atoms with E-state index in [-0.39, 0.29) is 11.6 Å². The maximum atomic E-state index is 12.2. The Morgan fingerprint density at radius 2 is 2.05 bits per heavy atom. The van der Waals surface area contributed by atoms with E-state index in [9.17, 15) is 8.42 Å². The third-order valence-corrected chi connectivity index (χ3v) is 4.59. The minimum atomic E-state index is -3.75. The first kappa shape index (κ1) is 15.0. The van der Waals surface area contributed by atoms with Gasteiger partial charge in [0.2, 0.25) is 0 Å². The third kappa shape index (κ3) is 3.36. The summed E-state index contributed by atoms with van der Waals surface area (Å²) in [5.41, 5.74) is 1.95. The van der Waals surface area contributed by atoms with Gasteiger partial charge in [-0.2, -0.15) is 8.42 Å². The van der Waals surface area contributed by atoms with Crippen molar-refractivity contribution in [3.63, 3.8) is 0 Å². The van der Waals surface area contributed by atoms with Crippen molar-refractivity contribution >= 4 is 31.6 Å². The molecule has 7 heteroatoms. The lowest BCUT2D eigenvalue weighted by atomic mass is 10.2. The highest BCUT2D eigenvalue weighted by atomic mass is 79.9. The van der Waals surface area contributed by atoms with Crippen molar-refractivity contribution in [3.05, 3.63) is 52.1 Å². The van der Waals surface area contributed by atoms with Crippen LogP contribution in [0.1, 0.15) is 11.1 Å². The van der Waals surface area contributed by atoms with Gasteiger partial charge in [-0.05, 0) is 52.2 Å². The Bertz CT molecular complexity index is 715. The summed E-state index contributed by atoms with van der Waals surface area (Å²) >= 11 is 3.30. The molecule has 0 aliphatic heterocycles. The average molecular weight is 357 g/mol. The van der Waals surface area contributed by atoms with Gasteiger partial charge in [0, 0.05) is 10.7 Å². The van der Waals surface area contributed by atoms with E-state index >= 15 is 0 Å². The molecular weight excluding hydrogens is 344 g/mol. The van der Waals surface area contributed by atoms with Crippen molar-refractivity contribution in [2.24, 2.45) is 0 Å². The van der Waals surface area contributed by atoms with Gasteiger partial charge in [-0.1, -0.05) is 12.1 Å². The van der Waals surface area contributed by atoms with Gasteiger partial charge in [-0.25, -0.2) is 4.98 Å². The molecule has 0 saturated carbocycles. The first-order valence-electron chi connectivity index (χ1n) is 5.77.